The highest BCUT2D eigenvalue weighted by Crippen LogP contribution is 2.44. The van der Waals surface area contributed by atoms with Crippen molar-refractivity contribution in [2.24, 2.45) is 7.05 Å². The van der Waals surface area contributed by atoms with Gasteiger partial charge in [-0.05, 0) is 67.0 Å². The van der Waals surface area contributed by atoms with Crippen molar-refractivity contribution in [3.8, 4) is 11.1 Å². The van der Waals surface area contributed by atoms with Crippen LogP contribution in [0.2, 0.25) is 0 Å². The predicted molar refractivity (Wildman–Crippen MR) is 239 cm³/mol. The molecule has 348 valence electrons. The number of nitrogens with one attached hydrogen (secondary N) is 2. The molecular weight excluding hydrogens is 851 g/mol. The molecule has 19 heteroatoms. The monoisotopic (exact) mass is 906 g/mol. The van der Waals surface area contributed by atoms with Crippen LogP contribution in [0.4, 0.5) is 25.1 Å². The maximum Gasteiger partial charge on any atom is 0.317 e. The number of piperazine rings is 1. The van der Waals surface area contributed by atoms with Gasteiger partial charge in [0.25, 0.3) is 18.2 Å². The Morgan fingerprint density at radius 2 is 1.64 bits per heavy atom. The first-order valence-electron chi connectivity index (χ1n) is 23.2. The third-order valence-electron chi connectivity index (χ3n) is 14.5. The molecular formula is C47H56F2N12O5. The SMILES string of the molecule is CNC(=O)N1CCc2c(c(N3CCCc4cc(-c5cnn(C)c5)c(C(F)F)cc43)nn2C2CCN(CCN3CCN(Cc4cccc5c4C(=O)N(C4CCC(=O)NC4=O)C5=O)CC3)CC2)C1. The van der Waals surface area contributed by atoms with Crippen LogP contribution in [0.3, 0.4) is 0 Å². The first-order chi connectivity index (χ1) is 31.9. The molecule has 0 aliphatic carbocycles. The summed E-state index contributed by atoms with van der Waals surface area (Å²) in [7, 11) is 3.41. The van der Waals surface area contributed by atoms with Gasteiger partial charge in [-0.1, -0.05) is 12.1 Å². The minimum absolute atomic E-state index is 0.0312. The number of carbonyl (C=O) groups is 5. The maximum absolute atomic E-state index is 14.8. The van der Waals surface area contributed by atoms with Crippen LogP contribution < -0.4 is 15.5 Å². The fourth-order valence-corrected chi connectivity index (χ4v) is 10.9. The van der Waals surface area contributed by atoms with Crippen LogP contribution in [-0.4, -0.2) is 152 Å². The molecule has 0 bridgehead atoms. The van der Waals surface area contributed by atoms with Gasteiger partial charge in [0.2, 0.25) is 11.8 Å². The highest BCUT2D eigenvalue weighted by Gasteiger charge is 2.46. The number of halogens is 2. The zero-order valence-corrected chi connectivity index (χ0v) is 37.5. The molecule has 2 aromatic carbocycles. The second-order valence-corrected chi connectivity index (χ2v) is 18.4. The van der Waals surface area contributed by atoms with Gasteiger partial charge in [-0.2, -0.15) is 10.2 Å². The minimum atomic E-state index is -2.68. The van der Waals surface area contributed by atoms with E-state index in [1.54, 1.807) is 54.3 Å². The fraction of sp³-hybridized carbons (Fsp3) is 0.511. The summed E-state index contributed by atoms with van der Waals surface area (Å²) in [5, 5.41) is 14.6. The molecule has 0 spiro atoms. The molecule has 0 radical (unpaired) electrons. The van der Waals surface area contributed by atoms with E-state index in [1.165, 1.54) is 0 Å². The van der Waals surface area contributed by atoms with Crippen molar-refractivity contribution in [1.29, 1.82) is 0 Å². The predicted octanol–water partition coefficient (Wildman–Crippen LogP) is 3.86. The Morgan fingerprint density at radius 1 is 0.879 bits per heavy atom. The van der Waals surface area contributed by atoms with E-state index in [-0.39, 0.29) is 30.5 Å². The Morgan fingerprint density at radius 3 is 2.35 bits per heavy atom. The van der Waals surface area contributed by atoms with Gasteiger partial charge in [-0.25, -0.2) is 13.6 Å². The second kappa shape index (κ2) is 18.0. The Balaban J connectivity index is 0.777. The lowest BCUT2D eigenvalue weighted by Crippen LogP contribution is -2.54. The van der Waals surface area contributed by atoms with Crippen LogP contribution in [-0.2, 0) is 42.6 Å². The van der Waals surface area contributed by atoms with E-state index in [0.717, 1.165) is 117 Å². The van der Waals surface area contributed by atoms with Crippen LogP contribution in [0, 0.1) is 0 Å². The summed E-state index contributed by atoms with van der Waals surface area (Å²) in [5.41, 5.74) is 6.41. The van der Waals surface area contributed by atoms with E-state index in [1.807, 2.05) is 12.1 Å². The smallest absolute Gasteiger partial charge is 0.317 e. The number of aryl methyl sites for hydroxylation is 2. The van der Waals surface area contributed by atoms with Gasteiger partial charge < -0.3 is 20.0 Å². The van der Waals surface area contributed by atoms with Crippen LogP contribution in [0.15, 0.2) is 42.7 Å². The molecule has 10 rings (SSSR count). The van der Waals surface area contributed by atoms with E-state index in [9.17, 15) is 32.8 Å². The largest absolute Gasteiger partial charge is 0.341 e. The Kier molecular flexibility index (Phi) is 11.9. The molecule has 8 heterocycles. The number of hydrogen-bond donors (Lipinski definition) is 2. The average molecular weight is 907 g/mol. The Bertz CT molecular complexity index is 2580. The summed E-state index contributed by atoms with van der Waals surface area (Å²) in [6.45, 7) is 9.20. The summed E-state index contributed by atoms with van der Waals surface area (Å²) >= 11 is 0. The highest BCUT2D eigenvalue weighted by atomic mass is 19.3. The van der Waals surface area contributed by atoms with Gasteiger partial charge in [0.05, 0.1) is 29.9 Å². The summed E-state index contributed by atoms with van der Waals surface area (Å²) in [6.07, 6.45) is 5.03. The highest BCUT2D eigenvalue weighted by molar-refractivity contribution is 6.24. The number of hydrogen-bond acceptors (Lipinski definition) is 11. The third-order valence-corrected chi connectivity index (χ3v) is 14.5. The van der Waals surface area contributed by atoms with Gasteiger partial charge >= 0.3 is 6.03 Å². The lowest BCUT2D eigenvalue weighted by atomic mass is 9.92. The zero-order valence-electron chi connectivity index (χ0n) is 37.5. The lowest BCUT2D eigenvalue weighted by Gasteiger charge is -2.37. The molecule has 6 aliphatic heterocycles. The quantitative estimate of drug-likeness (QED) is 0.222. The molecule has 4 aromatic rings. The summed E-state index contributed by atoms with van der Waals surface area (Å²) < 4.78 is 33.4. The van der Waals surface area contributed by atoms with Crippen molar-refractivity contribution >= 4 is 41.2 Å². The molecule has 2 aromatic heterocycles. The van der Waals surface area contributed by atoms with Gasteiger partial charge in [-0.15, -0.1) is 0 Å². The number of amides is 6. The maximum atomic E-state index is 14.8. The van der Waals surface area contributed by atoms with Gasteiger partial charge in [0.1, 0.15) is 6.04 Å². The number of imide groups is 2. The van der Waals surface area contributed by atoms with E-state index in [0.29, 0.717) is 54.9 Å². The van der Waals surface area contributed by atoms with Crippen molar-refractivity contribution in [2.45, 2.75) is 76.5 Å². The Labute approximate surface area is 381 Å². The van der Waals surface area contributed by atoms with Crippen molar-refractivity contribution < 1.29 is 32.8 Å². The average Bonchev–Trinajstić information content (AvgIpc) is 4.01. The molecule has 1 unspecified atom stereocenters. The standard InChI is InChI=1S/C47H56F2N12O5/c1-50-47(66)58-16-12-37-36(28-58)43(59-13-4-6-29-23-34(31-25-51-54(2)26-31)35(42(48)49)24-39(29)59)53-61(37)32-10-14-55(15-11-32)17-18-56-19-21-57(22-20-56)27-30-5-3-7-33-41(30)46(65)60(45(33)64)38-8-9-40(62)52-44(38)63/h3,5,7,23-26,32,38,42H,4,6,8-22,27-28H2,1-2H3,(H,50,66)(H,52,62,63). The van der Waals surface area contributed by atoms with Crippen molar-refractivity contribution in [3.63, 3.8) is 0 Å². The molecule has 3 saturated heterocycles. The van der Waals surface area contributed by atoms with Crippen LogP contribution in [0.25, 0.3) is 11.1 Å². The zero-order chi connectivity index (χ0) is 45.8. The summed E-state index contributed by atoms with van der Waals surface area (Å²) in [4.78, 5) is 76.5. The van der Waals surface area contributed by atoms with Gasteiger partial charge in [0, 0.05) is 133 Å². The lowest BCUT2D eigenvalue weighted by molar-refractivity contribution is -0.136. The topological polar surface area (TPSA) is 164 Å². The molecule has 17 nitrogen and oxygen atoms in total. The number of anilines is 2. The third kappa shape index (κ3) is 8.14. The molecule has 66 heavy (non-hydrogen) atoms. The number of nitrogens with zero attached hydrogens (tertiary/aromatic N) is 10. The van der Waals surface area contributed by atoms with Gasteiger partial charge in [0.15, 0.2) is 5.82 Å². The molecule has 1 atom stereocenters. The molecule has 2 N–H and O–H groups in total. The molecule has 3 fully saturated rings. The number of rotatable bonds is 10. The molecule has 6 amide bonds. The van der Waals surface area contributed by atoms with E-state index in [4.69, 9.17) is 5.10 Å². The van der Waals surface area contributed by atoms with Crippen molar-refractivity contribution in [1.82, 2.24) is 54.7 Å². The number of likely N-dealkylation sites (tertiary alicyclic amines) is 1. The normalized spacial score (nSPS) is 21.1. The van der Waals surface area contributed by atoms with Crippen molar-refractivity contribution in [2.75, 3.05) is 77.4 Å². The first-order valence-corrected chi connectivity index (χ1v) is 23.2. The first kappa shape index (κ1) is 43.8. The number of alkyl halides is 2. The molecule has 0 saturated carbocycles. The van der Waals surface area contributed by atoms with Crippen LogP contribution in [0.1, 0.15) is 93.2 Å². The number of aromatic nitrogens is 4. The van der Waals surface area contributed by atoms with E-state index < -0.39 is 36.1 Å². The number of fused-ring (bicyclic) bond motifs is 3. The van der Waals surface area contributed by atoms with E-state index >= 15 is 0 Å². The fourth-order valence-electron chi connectivity index (χ4n) is 10.9. The number of carbonyl (C=O) groups excluding carboxylic acids is 5. The summed E-state index contributed by atoms with van der Waals surface area (Å²) in [5.74, 6) is -1.23. The summed E-state index contributed by atoms with van der Waals surface area (Å²) in [6, 6.07) is 7.88. The van der Waals surface area contributed by atoms with Crippen LogP contribution in [0.5, 0.6) is 0 Å². The number of urea groups is 1. The number of benzene rings is 2. The Hall–Kier alpha value is -6.05. The van der Waals surface area contributed by atoms with Gasteiger partial charge in [-0.3, -0.25) is 48.6 Å². The number of piperidine rings is 2. The molecule has 6 aliphatic rings. The minimum Gasteiger partial charge on any atom is -0.341 e. The van der Waals surface area contributed by atoms with E-state index in [2.05, 4.69) is 40.0 Å². The van der Waals surface area contributed by atoms with Crippen molar-refractivity contribution in [3.05, 3.63) is 81.8 Å². The van der Waals surface area contributed by atoms with Crippen LogP contribution >= 0.6 is 0 Å². The second-order valence-electron chi connectivity index (χ2n) is 18.4.